The van der Waals surface area contributed by atoms with E-state index in [9.17, 15) is 9.59 Å². The first-order valence-electron chi connectivity index (χ1n) is 10.1. The topological polar surface area (TPSA) is 76.7 Å². The molecule has 1 aliphatic carbocycles. The Morgan fingerprint density at radius 1 is 1.10 bits per heavy atom. The van der Waals surface area contributed by atoms with Crippen molar-refractivity contribution in [2.45, 2.75) is 37.8 Å². The van der Waals surface area contributed by atoms with Crippen LogP contribution in [0.3, 0.4) is 0 Å². The van der Waals surface area contributed by atoms with Gasteiger partial charge in [-0.15, -0.1) is 0 Å². The van der Waals surface area contributed by atoms with Gasteiger partial charge in [-0.05, 0) is 67.5 Å². The number of carbonyl (C=O) groups is 2. The van der Waals surface area contributed by atoms with Gasteiger partial charge in [0, 0.05) is 17.9 Å². The van der Waals surface area contributed by atoms with E-state index >= 15 is 0 Å². The monoisotopic (exact) mass is 394 g/mol. The molecular weight excluding hydrogens is 368 g/mol. The van der Waals surface area contributed by atoms with Crippen LogP contribution in [0.15, 0.2) is 48.5 Å². The van der Waals surface area contributed by atoms with Crippen molar-refractivity contribution in [3.8, 4) is 5.75 Å². The Morgan fingerprint density at radius 2 is 1.90 bits per heavy atom. The Balaban J connectivity index is 1.44. The fourth-order valence-corrected chi connectivity index (χ4v) is 3.68. The van der Waals surface area contributed by atoms with E-state index in [-0.39, 0.29) is 17.9 Å². The molecule has 152 valence electrons. The van der Waals surface area contributed by atoms with Crippen LogP contribution in [0.25, 0.3) is 0 Å². The lowest BCUT2D eigenvalue weighted by atomic mass is 10.0. The second kappa shape index (κ2) is 8.66. The molecular formula is C23H26N2O4. The van der Waals surface area contributed by atoms with Crippen LogP contribution in [0.4, 0.5) is 5.69 Å². The second-order valence-electron chi connectivity index (χ2n) is 7.63. The fourth-order valence-electron chi connectivity index (χ4n) is 3.68. The third-order valence-corrected chi connectivity index (χ3v) is 5.47. The first kappa shape index (κ1) is 19.5. The van der Waals surface area contributed by atoms with E-state index in [4.69, 9.17) is 9.47 Å². The maximum atomic E-state index is 12.9. The summed E-state index contributed by atoms with van der Waals surface area (Å²) < 4.78 is 10.6. The maximum absolute atomic E-state index is 12.9. The van der Waals surface area contributed by atoms with Gasteiger partial charge in [-0.1, -0.05) is 18.2 Å². The van der Waals surface area contributed by atoms with Gasteiger partial charge < -0.3 is 20.1 Å². The minimum absolute atomic E-state index is 0.0291. The molecule has 1 saturated carbocycles. The van der Waals surface area contributed by atoms with Crippen molar-refractivity contribution in [3.05, 3.63) is 59.7 Å². The maximum Gasteiger partial charge on any atom is 0.253 e. The first-order chi connectivity index (χ1) is 14.1. The largest absolute Gasteiger partial charge is 0.497 e. The summed E-state index contributed by atoms with van der Waals surface area (Å²) in [6, 6.07) is 14.8. The average molecular weight is 394 g/mol. The van der Waals surface area contributed by atoms with Gasteiger partial charge in [0.1, 0.15) is 11.9 Å². The lowest BCUT2D eigenvalue weighted by Gasteiger charge is -2.19. The van der Waals surface area contributed by atoms with Crippen LogP contribution in [0.2, 0.25) is 0 Å². The van der Waals surface area contributed by atoms with E-state index in [0.717, 1.165) is 37.0 Å². The summed E-state index contributed by atoms with van der Waals surface area (Å²) in [7, 11) is 1.64. The smallest absolute Gasteiger partial charge is 0.253 e. The van der Waals surface area contributed by atoms with Crippen molar-refractivity contribution in [1.82, 2.24) is 5.32 Å². The normalized spacial score (nSPS) is 19.4. The van der Waals surface area contributed by atoms with Gasteiger partial charge in [0.15, 0.2) is 0 Å². The summed E-state index contributed by atoms with van der Waals surface area (Å²) in [4.78, 5) is 25.2. The van der Waals surface area contributed by atoms with Gasteiger partial charge in [-0.3, -0.25) is 9.59 Å². The summed E-state index contributed by atoms with van der Waals surface area (Å²) in [6.45, 7) is 0.619. The highest BCUT2D eigenvalue weighted by atomic mass is 16.5. The molecule has 29 heavy (non-hydrogen) atoms. The van der Waals surface area contributed by atoms with E-state index in [1.54, 1.807) is 31.4 Å². The summed E-state index contributed by atoms with van der Waals surface area (Å²) in [6.07, 6.45) is 3.44. The van der Waals surface area contributed by atoms with Crippen molar-refractivity contribution >= 4 is 17.5 Å². The molecule has 2 fully saturated rings. The Morgan fingerprint density at radius 3 is 2.55 bits per heavy atom. The molecule has 1 saturated heterocycles. The lowest BCUT2D eigenvalue weighted by molar-refractivity contribution is -0.124. The van der Waals surface area contributed by atoms with Crippen LogP contribution in [0, 0.1) is 5.92 Å². The van der Waals surface area contributed by atoms with Crippen molar-refractivity contribution in [3.63, 3.8) is 0 Å². The molecule has 2 aromatic rings. The van der Waals surface area contributed by atoms with Crippen LogP contribution in [-0.2, 0) is 9.53 Å². The Labute approximate surface area is 170 Å². The lowest BCUT2D eigenvalue weighted by Crippen LogP contribution is -2.30. The standard InChI is InChI=1S/C23H26N2O4/c1-28-19-11-9-16(10-12-19)21(15-7-8-15)25-22(26)17-4-2-5-18(14-17)24-23(27)20-6-3-13-29-20/h2,4-5,9-12,14-15,20-21H,3,6-8,13H2,1H3,(H,24,27)(H,25,26). The van der Waals surface area contributed by atoms with E-state index in [0.29, 0.717) is 23.8 Å². The van der Waals surface area contributed by atoms with Crippen molar-refractivity contribution in [2.75, 3.05) is 19.0 Å². The highest BCUT2D eigenvalue weighted by molar-refractivity contribution is 5.98. The summed E-state index contributed by atoms with van der Waals surface area (Å²) in [5, 5.41) is 6.02. The van der Waals surface area contributed by atoms with Crippen LogP contribution < -0.4 is 15.4 Å². The number of carbonyl (C=O) groups excluding carboxylic acids is 2. The molecule has 1 heterocycles. The fraction of sp³-hybridized carbons (Fsp3) is 0.391. The molecule has 0 bridgehead atoms. The number of hydrogen-bond donors (Lipinski definition) is 2. The molecule has 1 aliphatic heterocycles. The van der Waals surface area contributed by atoms with Gasteiger partial charge in [-0.2, -0.15) is 0 Å². The van der Waals surface area contributed by atoms with Crippen LogP contribution in [0.1, 0.15) is 47.6 Å². The minimum atomic E-state index is -0.401. The minimum Gasteiger partial charge on any atom is -0.497 e. The van der Waals surface area contributed by atoms with Crippen molar-refractivity contribution < 1.29 is 19.1 Å². The van der Waals surface area contributed by atoms with Gasteiger partial charge >= 0.3 is 0 Å². The number of amides is 2. The highest BCUT2D eigenvalue weighted by Gasteiger charge is 2.33. The van der Waals surface area contributed by atoms with E-state index < -0.39 is 6.10 Å². The Hall–Kier alpha value is -2.86. The first-order valence-corrected chi connectivity index (χ1v) is 10.1. The number of rotatable bonds is 7. The molecule has 4 rings (SSSR count). The zero-order valence-electron chi connectivity index (χ0n) is 16.5. The Bertz CT molecular complexity index is 871. The molecule has 0 spiro atoms. The van der Waals surface area contributed by atoms with E-state index in [2.05, 4.69) is 10.6 Å². The predicted molar refractivity (Wildman–Crippen MR) is 110 cm³/mol. The average Bonchev–Trinajstić information content (AvgIpc) is 3.44. The predicted octanol–water partition coefficient (Wildman–Crippen LogP) is 3.69. The summed E-state index contributed by atoms with van der Waals surface area (Å²) in [5.41, 5.74) is 2.20. The van der Waals surface area contributed by atoms with Gasteiger partial charge in [0.2, 0.25) is 0 Å². The quantitative estimate of drug-likeness (QED) is 0.751. The molecule has 0 radical (unpaired) electrons. The third-order valence-electron chi connectivity index (χ3n) is 5.47. The molecule has 6 heteroatoms. The number of ether oxygens (including phenoxy) is 2. The second-order valence-corrected chi connectivity index (χ2v) is 7.63. The van der Waals surface area contributed by atoms with Crippen molar-refractivity contribution in [1.29, 1.82) is 0 Å². The molecule has 0 aromatic heterocycles. The van der Waals surface area contributed by atoms with Gasteiger partial charge in [0.25, 0.3) is 11.8 Å². The number of nitrogens with one attached hydrogen (secondary N) is 2. The molecule has 2 aromatic carbocycles. The SMILES string of the molecule is COc1ccc(C(NC(=O)c2cccc(NC(=O)C3CCCO3)c2)C2CC2)cc1. The highest BCUT2D eigenvalue weighted by Crippen LogP contribution is 2.41. The molecule has 2 N–H and O–H groups in total. The zero-order valence-corrected chi connectivity index (χ0v) is 16.5. The van der Waals surface area contributed by atoms with Crippen LogP contribution in [-0.4, -0.2) is 31.6 Å². The number of benzene rings is 2. The van der Waals surface area contributed by atoms with Crippen LogP contribution >= 0.6 is 0 Å². The number of methoxy groups -OCH3 is 1. The third kappa shape index (κ3) is 4.77. The number of hydrogen-bond acceptors (Lipinski definition) is 4. The van der Waals surface area contributed by atoms with Gasteiger partial charge in [0.05, 0.1) is 13.2 Å². The molecule has 6 nitrogen and oxygen atoms in total. The zero-order chi connectivity index (χ0) is 20.2. The molecule has 2 amide bonds. The number of anilines is 1. The summed E-state index contributed by atoms with van der Waals surface area (Å²) >= 11 is 0. The van der Waals surface area contributed by atoms with E-state index in [1.165, 1.54) is 0 Å². The van der Waals surface area contributed by atoms with Crippen LogP contribution in [0.5, 0.6) is 5.75 Å². The van der Waals surface area contributed by atoms with E-state index in [1.807, 2.05) is 24.3 Å². The van der Waals surface area contributed by atoms with Crippen molar-refractivity contribution in [2.24, 2.45) is 5.92 Å². The molecule has 2 aliphatic rings. The van der Waals surface area contributed by atoms with Gasteiger partial charge in [-0.25, -0.2) is 0 Å². The molecule has 2 unspecified atom stereocenters. The summed E-state index contributed by atoms with van der Waals surface area (Å²) in [5.74, 6) is 0.944. The molecule has 2 atom stereocenters. The Kier molecular flexibility index (Phi) is 5.81.